The Kier molecular flexibility index (Phi) is 3.26. The molecule has 0 radical (unpaired) electrons. The summed E-state index contributed by atoms with van der Waals surface area (Å²) in [7, 11) is 1.70. The van der Waals surface area contributed by atoms with Crippen LogP contribution in [-0.4, -0.2) is 18.6 Å². The molecule has 2 aromatic rings. The number of nitrogens with zero attached hydrogens (tertiary/aromatic N) is 3. The second-order valence-electron chi connectivity index (χ2n) is 4.76. The van der Waals surface area contributed by atoms with E-state index < -0.39 is 0 Å². The van der Waals surface area contributed by atoms with E-state index in [1.54, 1.807) is 19.4 Å². The minimum absolute atomic E-state index is 0.624. The molecular weight excluding hydrogens is 250 g/mol. The lowest BCUT2D eigenvalue weighted by Gasteiger charge is -2.31. The molecule has 0 saturated carbocycles. The van der Waals surface area contributed by atoms with Crippen molar-refractivity contribution in [2.45, 2.75) is 13.0 Å². The number of fused-ring (bicyclic) bond motifs is 1. The number of hydrogen-bond acceptors (Lipinski definition) is 4. The molecule has 0 amide bonds. The largest absolute Gasteiger partial charge is 0.496 e. The van der Waals surface area contributed by atoms with Gasteiger partial charge in [0.1, 0.15) is 17.6 Å². The monoisotopic (exact) mass is 265 g/mol. The first-order valence-corrected chi connectivity index (χ1v) is 6.58. The fourth-order valence-electron chi connectivity index (χ4n) is 2.68. The molecule has 0 aliphatic carbocycles. The highest BCUT2D eigenvalue weighted by Crippen LogP contribution is 2.30. The number of hydrogen-bond donors (Lipinski definition) is 0. The molecule has 0 unspecified atom stereocenters. The molecule has 100 valence electrons. The highest BCUT2D eigenvalue weighted by atomic mass is 16.5. The maximum Gasteiger partial charge on any atom is 0.146 e. The number of ether oxygens (including phenoxy) is 1. The van der Waals surface area contributed by atoms with Crippen molar-refractivity contribution in [3.05, 3.63) is 53.2 Å². The Labute approximate surface area is 118 Å². The lowest BCUT2D eigenvalue weighted by atomic mass is 9.98. The van der Waals surface area contributed by atoms with Crippen molar-refractivity contribution in [1.82, 2.24) is 4.98 Å². The van der Waals surface area contributed by atoms with Gasteiger partial charge in [0.25, 0.3) is 0 Å². The summed E-state index contributed by atoms with van der Waals surface area (Å²) < 4.78 is 5.41. The third kappa shape index (κ3) is 2.08. The Morgan fingerprint density at radius 3 is 3.00 bits per heavy atom. The number of anilines is 1. The van der Waals surface area contributed by atoms with Gasteiger partial charge in [-0.3, -0.25) is 0 Å². The van der Waals surface area contributed by atoms with Gasteiger partial charge in [-0.15, -0.1) is 0 Å². The zero-order chi connectivity index (χ0) is 13.9. The number of nitriles is 1. The fraction of sp³-hybridized carbons (Fsp3) is 0.250. The summed E-state index contributed by atoms with van der Waals surface area (Å²) in [5.41, 5.74) is 3.13. The topological polar surface area (TPSA) is 49.1 Å². The average molecular weight is 265 g/mol. The van der Waals surface area contributed by atoms with E-state index in [4.69, 9.17) is 4.74 Å². The van der Waals surface area contributed by atoms with Crippen LogP contribution in [0.3, 0.4) is 0 Å². The molecule has 0 spiro atoms. The molecule has 1 aromatic heterocycles. The molecule has 1 aromatic carbocycles. The molecule has 0 atom stereocenters. The molecule has 0 bridgehead atoms. The normalized spacial score (nSPS) is 13.5. The number of benzene rings is 1. The highest BCUT2D eigenvalue weighted by molar-refractivity contribution is 5.56. The summed E-state index contributed by atoms with van der Waals surface area (Å²) in [5, 5.41) is 9.19. The minimum atomic E-state index is 0.624. The summed E-state index contributed by atoms with van der Waals surface area (Å²) in [6, 6.07) is 11.9. The van der Waals surface area contributed by atoms with Crippen LogP contribution in [0.4, 0.5) is 5.82 Å². The van der Waals surface area contributed by atoms with Crippen LogP contribution in [0.15, 0.2) is 36.5 Å². The van der Waals surface area contributed by atoms with Gasteiger partial charge < -0.3 is 9.64 Å². The molecule has 1 aliphatic heterocycles. The van der Waals surface area contributed by atoms with Gasteiger partial charge in [0, 0.05) is 24.8 Å². The Balaban J connectivity index is 1.95. The van der Waals surface area contributed by atoms with Gasteiger partial charge in [0.15, 0.2) is 0 Å². The van der Waals surface area contributed by atoms with Crippen LogP contribution in [-0.2, 0) is 13.0 Å². The quantitative estimate of drug-likeness (QED) is 0.837. The molecule has 3 rings (SSSR count). The van der Waals surface area contributed by atoms with Crippen LogP contribution in [0.2, 0.25) is 0 Å². The molecule has 4 nitrogen and oxygen atoms in total. The zero-order valence-corrected chi connectivity index (χ0v) is 11.3. The second-order valence-corrected chi connectivity index (χ2v) is 4.76. The Hall–Kier alpha value is -2.54. The predicted molar refractivity (Wildman–Crippen MR) is 76.7 cm³/mol. The molecule has 0 saturated heterocycles. The highest BCUT2D eigenvalue weighted by Gasteiger charge is 2.21. The van der Waals surface area contributed by atoms with Gasteiger partial charge in [0.2, 0.25) is 0 Å². The van der Waals surface area contributed by atoms with Gasteiger partial charge in [-0.25, -0.2) is 4.98 Å². The first-order chi connectivity index (χ1) is 9.83. The number of aromatic nitrogens is 1. The first kappa shape index (κ1) is 12.5. The second kappa shape index (κ2) is 5.22. The summed E-state index contributed by atoms with van der Waals surface area (Å²) in [6.07, 6.45) is 2.64. The van der Waals surface area contributed by atoms with E-state index in [1.807, 2.05) is 18.2 Å². The van der Waals surface area contributed by atoms with Crippen molar-refractivity contribution in [3.63, 3.8) is 0 Å². The van der Waals surface area contributed by atoms with Crippen LogP contribution in [0.25, 0.3) is 0 Å². The van der Waals surface area contributed by atoms with Crippen LogP contribution >= 0.6 is 0 Å². The van der Waals surface area contributed by atoms with Crippen LogP contribution in [0, 0.1) is 11.3 Å². The van der Waals surface area contributed by atoms with Crippen LogP contribution in [0.1, 0.15) is 16.7 Å². The SMILES string of the molecule is COc1cccc2c1CCN(c1ncccc1C#N)C2. The third-order valence-corrected chi connectivity index (χ3v) is 3.65. The van der Waals surface area contributed by atoms with E-state index in [-0.39, 0.29) is 0 Å². The smallest absolute Gasteiger partial charge is 0.146 e. The average Bonchev–Trinajstić information content (AvgIpc) is 2.53. The summed E-state index contributed by atoms with van der Waals surface area (Å²) >= 11 is 0. The van der Waals surface area contributed by atoms with E-state index >= 15 is 0 Å². The van der Waals surface area contributed by atoms with E-state index in [2.05, 4.69) is 22.0 Å². The summed E-state index contributed by atoms with van der Waals surface area (Å²) in [5.74, 6) is 1.71. The molecule has 1 aliphatic rings. The first-order valence-electron chi connectivity index (χ1n) is 6.58. The Bertz CT molecular complexity index is 676. The summed E-state index contributed by atoms with van der Waals surface area (Å²) in [6.45, 7) is 1.61. The standard InChI is InChI=1S/C16H15N3O/c1-20-15-6-2-4-13-11-19(9-7-14(13)15)16-12(10-17)5-3-8-18-16/h2-6,8H,7,9,11H2,1H3. The summed E-state index contributed by atoms with van der Waals surface area (Å²) in [4.78, 5) is 6.51. The zero-order valence-electron chi connectivity index (χ0n) is 11.3. The van der Waals surface area contributed by atoms with E-state index in [1.165, 1.54) is 11.1 Å². The molecule has 4 heteroatoms. The van der Waals surface area contributed by atoms with Crippen molar-refractivity contribution in [1.29, 1.82) is 5.26 Å². The van der Waals surface area contributed by atoms with Crippen molar-refractivity contribution in [3.8, 4) is 11.8 Å². The third-order valence-electron chi connectivity index (χ3n) is 3.65. The molecule has 0 fully saturated rings. The van der Waals surface area contributed by atoms with Crippen molar-refractivity contribution < 1.29 is 4.74 Å². The minimum Gasteiger partial charge on any atom is -0.496 e. The number of rotatable bonds is 2. The van der Waals surface area contributed by atoms with Gasteiger partial charge in [-0.1, -0.05) is 12.1 Å². The van der Waals surface area contributed by atoms with Crippen LogP contribution < -0.4 is 9.64 Å². The van der Waals surface area contributed by atoms with Gasteiger partial charge in [-0.2, -0.15) is 5.26 Å². The van der Waals surface area contributed by atoms with E-state index in [0.29, 0.717) is 5.56 Å². The predicted octanol–water partition coefficient (Wildman–Crippen LogP) is 2.52. The maximum atomic E-state index is 9.19. The fourth-order valence-corrected chi connectivity index (χ4v) is 2.68. The Morgan fingerprint density at radius 1 is 1.30 bits per heavy atom. The molecule has 0 N–H and O–H groups in total. The van der Waals surface area contributed by atoms with Crippen molar-refractivity contribution >= 4 is 5.82 Å². The van der Waals surface area contributed by atoms with Gasteiger partial charge >= 0.3 is 0 Å². The lowest BCUT2D eigenvalue weighted by molar-refractivity contribution is 0.407. The van der Waals surface area contributed by atoms with Gasteiger partial charge in [0.05, 0.1) is 12.7 Å². The van der Waals surface area contributed by atoms with Crippen LogP contribution in [0.5, 0.6) is 5.75 Å². The van der Waals surface area contributed by atoms with Gasteiger partial charge in [-0.05, 0) is 30.2 Å². The van der Waals surface area contributed by atoms with E-state index in [9.17, 15) is 5.26 Å². The Morgan fingerprint density at radius 2 is 2.20 bits per heavy atom. The molecular formula is C16H15N3O. The van der Waals surface area contributed by atoms with Crippen molar-refractivity contribution in [2.24, 2.45) is 0 Å². The van der Waals surface area contributed by atoms with Crippen molar-refractivity contribution in [2.75, 3.05) is 18.6 Å². The van der Waals surface area contributed by atoms with E-state index in [0.717, 1.165) is 31.1 Å². The maximum absolute atomic E-state index is 9.19. The number of methoxy groups -OCH3 is 1. The molecule has 2 heterocycles. The number of pyridine rings is 1. The lowest BCUT2D eigenvalue weighted by Crippen LogP contribution is -2.31. The molecule has 20 heavy (non-hydrogen) atoms.